The lowest BCUT2D eigenvalue weighted by Gasteiger charge is -2.19. The van der Waals surface area contributed by atoms with Crippen molar-refractivity contribution >= 4 is 40.4 Å². The highest BCUT2D eigenvalue weighted by Gasteiger charge is 2.21. The number of carbonyl (C=O) groups excluding carboxylic acids is 4. The second kappa shape index (κ2) is 12.8. The Bertz CT molecular complexity index is 893. The Morgan fingerprint density at radius 2 is 1.87 bits per heavy atom. The molecule has 0 unspecified atom stereocenters. The molecule has 0 aliphatic heterocycles. The summed E-state index contributed by atoms with van der Waals surface area (Å²) in [5.41, 5.74) is 1.94. The van der Waals surface area contributed by atoms with Gasteiger partial charge in [0.05, 0.1) is 6.42 Å². The standard InChI is InChI=1S/C24H30N2O4S/c1-3-21(28)10-5-4-6-11-22(26-23(29)14-18-12-13-31-16-18)24(30)25-20-9-7-8-19(15-20)17(2)27/h7-9,12-13,15-16,22H,3-6,10-11,14H2,1-2H3,(H,25,30)(H,26,29)/t22-/m0/s1. The van der Waals surface area contributed by atoms with E-state index in [1.54, 1.807) is 24.3 Å². The van der Waals surface area contributed by atoms with Gasteiger partial charge in [0.1, 0.15) is 11.8 Å². The summed E-state index contributed by atoms with van der Waals surface area (Å²) in [5, 5.41) is 9.47. The Labute approximate surface area is 187 Å². The molecule has 1 aromatic heterocycles. The maximum absolute atomic E-state index is 12.9. The Morgan fingerprint density at radius 3 is 2.55 bits per heavy atom. The van der Waals surface area contributed by atoms with Crippen molar-refractivity contribution in [3.8, 4) is 0 Å². The molecule has 1 aromatic carbocycles. The van der Waals surface area contributed by atoms with Gasteiger partial charge < -0.3 is 10.6 Å². The van der Waals surface area contributed by atoms with Crippen molar-refractivity contribution in [2.24, 2.45) is 0 Å². The van der Waals surface area contributed by atoms with Gasteiger partial charge in [-0.3, -0.25) is 19.2 Å². The number of ketones is 2. The van der Waals surface area contributed by atoms with Gasteiger partial charge in [-0.2, -0.15) is 11.3 Å². The summed E-state index contributed by atoms with van der Waals surface area (Å²) in [4.78, 5) is 48.4. The number of Topliss-reactive ketones (excluding diaryl/α,β-unsaturated/α-hetero) is 2. The van der Waals surface area contributed by atoms with Crippen LogP contribution in [0, 0.1) is 0 Å². The number of benzene rings is 1. The van der Waals surface area contributed by atoms with Crippen LogP contribution in [0.25, 0.3) is 0 Å². The number of hydrogen-bond acceptors (Lipinski definition) is 5. The highest BCUT2D eigenvalue weighted by atomic mass is 32.1. The van der Waals surface area contributed by atoms with Gasteiger partial charge in [-0.1, -0.05) is 31.9 Å². The van der Waals surface area contributed by atoms with Gasteiger partial charge in [0.25, 0.3) is 0 Å². The summed E-state index contributed by atoms with van der Waals surface area (Å²) in [5.74, 6) is -0.372. The molecule has 6 nitrogen and oxygen atoms in total. The molecule has 0 saturated heterocycles. The largest absolute Gasteiger partial charge is 0.344 e. The number of hydrogen-bond donors (Lipinski definition) is 2. The van der Waals surface area contributed by atoms with Crippen LogP contribution < -0.4 is 10.6 Å². The molecule has 1 atom stereocenters. The molecular formula is C24H30N2O4S. The van der Waals surface area contributed by atoms with Crippen molar-refractivity contribution in [3.63, 3.8) is 0 Å². The number of unbranched alkanes of at least 4 members (excludes halogenated alkanes) is 2. The van der Waals surface area contributed by atoms with E-state index in [1.165, 1.54) is 18.3 Å². The zero-order valence-electron chi connectivity index (χ0n) is 18.1. The summed E-state index contributed by atoms with van der Waals surface area (Å²) < 4.78 is 0. The molecule has 0 fully saturated rings. The van der Waals surface area contributed by atoms with Gasteiger partial charge in [0.15, 0.2) is 5.78 Å². The molecule has 0 aliphatic rings. The molecule has 0 bridgehead atoms. The van der Waals surface area contributed by atoms with Crippen LogP contribution in [0.1, 0.15) is 68.3 Å². The summed E-state index contributed by atoms with van der Waals surface area (Å²) in [6, 6.07) is 7.94. The first kappa shape index (κ1) is 24.5. The SMILES string of the molecule is CCC(=O)CCCCC[C@H](NC(=O)Cc1ccsc1)C(=O)Nc1cccc(C(C)=O)c1. The van der Waals surface area contributed by atoms with E-state index >= 15 is 0 Å². The van der Waals surface area contributed by atoms with Gasteiger partial charge in [0, 0.05) is 24.1 Å². The van der Waals surface area contributed by atoms with Gasteiger partial charge in [0.2, 0.25) is 11.8 Å². The van der Waals surface area contributed by atoms with Gasteiger partial charge in [-0.25, -0.2) is 0 Å². The van der Waals surface area contributed by atoms with Crippen LogP contribution in [0.15, 0.2) is 41.1 Å². The molecule has 31 heavy (non-hydrogen) atoms. The first-order valence-electron chi connectivity index (χ1n) is 10.6. The average Bonchev–Trinajstić information content (AvgIpc) is 3.25. The normalized spacial score (nSPS) is 11.5. The predicted octanol–water partition coefficient (Wildman–Crippen LogP) is 4.55. The summed E-state index contributed by atoms with van der Waals surface area (Å²) in [6.45, 7) is 3.32. The molecule has 2 N–H and O–H groups in total. The summed E-state index contributed by atoms with van der Waals surface area (Å²) >= 11 is 1.52. The number of amides is 2. The lowest BCUT2D eigenvalue weighted by atomic mass is 10.0. The van der Waals surface area contributed by atoms with Gasteiger partial charge in [-0.05, 0) is 54.3 Å². The molecule has 0 spiro atoms. The van der Waals surface area contributed by atoms with Crippen LogP contribution in [0.3, 0.4) is 0 Å². The number of carbonyl (C=O) groups is 4. The molecule has 0 saturated carbocycles. The maximum Gasteiger partial charge on any atom is 0.246 e. The third-order valence-corrected chi connectivity index (χ3v) is 5.71. The minimum absolute atomic E-state index is 0.0849. The molecule has 2 aromatic rings. The van der Waals surface area contributed by atoms with Crippen molar-refractivity contribution in [1.82, 2.24) is 5.32 Å². The van der Waals surface area contributed by atoms with Crippen molar-refractivity contribution in [1.29, 1.82) is 0 Å². The zero-order chi connectivity index (χ0) is 22.6. The Morgan fingerprint density at radius 1 is 1.06 bits per heavy atom. The lowest BCUT2D eigenvalue weighted by Crippen LogP contribution is -2.44. The van der Waals surface area contributed by atoms with E-state index in [1.807, 2.05) is 23.8 Å². The van der Waals surface area contributed by atoms with Crippen LogP contribution in [-0.4, -0.2) is 29.4 Å². The monoisotopic (exact) mass is 442 g/mol. The predicted molar refractivity (Wildman–Crippen MR) is 123 cm³/mol. The topological polar surface area (TPSA) is 92.3 Å². The van der Waals surface area contributed by atoms with E-state index < -0.39 is 6.04 Å². The first-order chi connectivity index (χ1) is 14.9. The van der Waals surface area contributed by atoms with Crippen molar-refractivity contribution < 1.29 is 19.2 Å². The van der Waals surface area contributed by atoms with E-state index in [4.69, 9.17) is 0 Å². The zero-order valence-corrected chi connectivity index (χ0v) is 18.9. The summed E-state index contributed by atoms with van der Waals surface area (Å²) in [7, 11) is 0. The van der Waals surface area contributed by atoms with Crippen LogP contribution in [-0.2, 0) is 20.8 Å². The average molecular weight is 443 g/mol. The highest BCUT2D eigenvalue weighted by molar-refractivity contribution is 7.08. The molecule has 0 radical (unpaired) electrons. The first-order valence-corrected chi connectivity index (χ1v) is 11.6. The van der Waals surface area contributed by atoms with Crippen molar-refractivity contribution in [2.45, 2.75) is 64.8 Å². The Kier molecular flexibility index (Phi) is 10.1. The molecule has 2 amide bonds. The molecule has 2 rings (SSSR count). The third kappa shape index (κ3) is 8.84. The van der Waals surface area contributed by atoms with Crippen LogP contribution in [0.2, 0.25) is 0 Å². The fourth-order valence-electron chi connectivity index (χ4n) is 3.16. The van der Waals surface area contributed by atoms with Crippen molar-refractivity contribution in [2.75, 3.05) is 5.32 Å². The van der Waals surface area contributed by atoms with E-state index in [2.05, 4.69) is 10.6 Å². The van der Waals surface area contributed by atoms with Gasteiger partial charge >= 0.3 is 0 Å². The second-order valence-corrected chi connectivity index (χ2v) is 8.33. The maximum atomic E-state index is 12.9. The number of rotatable bonds is 13. The third-order valence-electron chi connectivity index (χ3n) is 4.98. The summed E-state index contributed by atoms with van der Waals surface area (Å²) in [6.07, 6.45) is 4.12. The molecule has 166 valence electrons. The van der Waals surface area contributed by atoms with E-state index in [-0.39, 0.29) is 29.8 Å². The van der Waals surface area contributed by atoms with E-state index in [0.29, 0.717) is 30.5 Å². The Balaban J connectivity index is 1.98. The fourth-order valence-corrected chi connectivity index (χ4v) is 3.83. The lowest BCUT2D eigenvalue weighted by molar-refractivity contribution is -0.126. The quantitative estimate of drug-likeness (QED) is 0.352. The molecule has 1 heterocycles. The fraction of sp³-hybridized carbons (Fsp3) is 0.417. The van der Waals surface area contributed by atoms with Crippen molar-refractivity contribution in [3.05, 3.63) is 52.2 Å². The van der Waals surface area contributed by atoms with Crippen LogP contribution in [0.4, 0.5) is 5.69 Å². The minimum Gasteiger partial charge on any atom is -0.344 e. The smallest absolute Gasteiger partial charge is 0.246 e. The Hall–Kier alpha value is -2.80. The van der Waals surface area contributed by atoms with Gasteiger partial charge in [-0.15, -0.1) is 0 Å². The number of nitrogens with one attached hydrogen (secondary N) is 2. The number of thiophene rings is 1. The van der Waals surface area contributed by atoms with Crippen LogP contribution >= 0.6 is 11.3 Å². The number of anilines is 1. The highest BCUT2D eigenvalue weighted by Crippen LogP contribution is 2.14. The minimum atomic E-state index is -0.686. The second-order valence-electron chi connectivity index (χ2n) is 7.55. The van der Waals surface area contributed by atoms with E-state index in [0.717, 1.165) is 24.8 Å². The van der Waals surface area contributed by atoms with E-state index in [9.17, 15) is 19.2 Å². The molecule has 0 aliphatic carbocycles. The van der Waals surface area contributed by atoms with Crippen LogP contribution in [0.5, 0.6) is 0 Å². The molecular weight excluding hydrogens is 412 g/mol. The molecule has 7 heteroatoms.